The Balaban J connectivity index is 2.39. The van der Waals surface area contributed by atoms with Crippen LogP contribution < -0.4 is 0 Å². The molecule has 0 radical (unpaired) electrons. The van der Waals surface area contributed by atoms with Gasteiger partial charge in [0.15, 0.2) is 5.41 Å². The molecular formula is C14H16F2O2. The molecule has 18 heavy (non-hydrogen) atoms. The average Bonchev–Trinajstić information content (AvgIpc) is 2.82. The Morgan fingerprint density at radius 3 is 1.94 bits per heavy atom. The number of benzene rings is 1. The van der Waals surface area contributed by atoms with Crippen LogP contribution in [-0.4, -0.2) is 17.0 Å². The van der Waals surface area contributed by atoms with Gasteiger partial charge < -0.3 is 5.11 Å². The summed E-state index contributed by atoms with van der Waals surface area (Å²) in [6.07, 6.45) is -0.607. The first-order chi connectivity index (χ1) is 8.11. The average molecular weight is 254 g/mol. The number of aliphatic carboxylic acids is 1. The second-order valence-corrected chi connectivity index (χ2v) is 5.92. The maximum absolute atomic E-state index is 13.3. The van der Waals surface area contributed by atoms with E-state index in [1.165, 1.54) is 12.1 Å². The van der Waals surface area contributed by atoms with Crippen molar-refractivity contribution < 1.29 is 18.7 Å². The van der Waals surface area contributed by atoms with Crippen LogP contribution in [0.4, 0.5) is 8.78 Å². The number of rotatable bonds is 2. The van der Waals surface area contributed by atoms with E-state index in [4.69, 9.17) is 5.11 Å². The van der Waals surface area contributed by atoms with Crippen molar-refractivity contribution in [3.8, 4) is 0 Å². The van der Waals surface area contributed by atoms with Gasteiger partial charge in [0.1, 0.15) is 0 Å². The Morgan fingerprint density at radius 1 is 1.22 bits per heavy atom. The zero-order chi connectivity index (χ0) is 13.8. The van der Waals surface area contributed by atoms with Crippen LogP contribution in [-0.2, 0) is 15.6 Å². The van der Waals surface area contributed by atoms with Gasteiger partial charge in [-0.25, -0.2) is 8.78 Å². The smallest absolute Gasteiger partial charge is 0.320 e. The fourth-order valence-electron chi connectivity index (χ4n) is 2.21. The van der Waals surface area contributed by atoms with Gasteiger partial charge >= 0.3 is 5.97 Å². The van der Waals surface area contributed by atoms with Gasteiger partial charge in [-0.3, -0.25) is 4.79 Å². The molecule has 1 aromatic carbocycles. The fourth-order valence-corrected chi connectivity index (χ4v) is 2.21. The third kappa shape index (κ3) is 1.71. The van der Waals surface area contributed by atoms with Gasteiger partial charge in [0.25, 0.3) is 5.92 Å². The largest absolute Gasteiger partial charge is 0.480 e. The van der Waals surface area contributed by atoms with Crippen molar-refractivity contribution in [3.05, 3.63) is 35.4 Å². The molecule has 1 fully saturated rings. The van der Waals surface area contributed by atoms with Crippen LogP contribution in [0.25, 0.3) is 0 Å². The molecule has 98 valence electrons. The standard InChI is InChI=1S/C14H16F2O2/c1-12(2,3)9-4-6-10(7-5-9)13(11(17)18)8-14(13,15)16/h4-7H,8H2,1-3H3,(H,17,18). The summed E-state index contributed by atoms with van der Waals surface area (Å²) in [6.45, 7) is 6.04. The first-order valence-electron chi connectivity index (χ1n) is 5.83. The van der Waals surface area contributed by atoms with E-state index in [0.29, 0.717) is 0 Å². The third-order valence-electron chi connectivity index (χ3n) is 3.60. The lowest BCUT2D eigenvalue weighted by molar-refractivity contribution is -0.142. The van der Waals surface area contributed by atoms with Gasteiger partial charge in [-0.15, -0.1) is 0 Å². The van der Waals surface area contributed by atoms with Crippen LogP contribution in [0.2, 0.25) is 0 Å². The van der Waals surface area contributed by atoms with Crippen molar-refractivity contribution in [2.24, 2.45) is 0 Å². The molecule has 0 bridgehead atoms. The number of halogens is 2. The number of carboxylic acid groups (broad SMARTS) is 1. The van der Waals surface area contributed by atoms with Crippen molar-refractivity contribution in [3.63, 3.8) is 0 Å². The summed E-state index contributed by atoms with van der Waals surface area (Å²) in [5.41, 5.74) is -0.909. The minimum absolute atomic E-state index is 0.0824. The van der Waals surface area contributed by atoms with Crippen molar-refractivity contribution in [1.29, 1.82) is 0 Å². The van der Waals surface area contributed by atoms with Gasteiger partial charge in [0, 0.05) is 6.42 Å². The number of hydrogen-bond donors (Lipinski definition) is 1. The van der Waals surface area contributed by atoms with Gasteiger partial charge in [0.2, 0.25) is 0 Å². The van der Waals surface area contributed by atoms with Crippen molar-refractivity contribution in [2.45, 2.75) is 43.9 Å². The van der Waals surface area contributed by atoms with Crippen LogP contribution in [0.15, 0.2) is 24.3 Å². The lowest BCUT2D eigenvalue weighted by atomic mass is 9.85. The summed E-state index contributed by atoms with van der Waals surface area (Å²) in [6, 6.07) is 6.48. The highest BCUT2D eigenvalue weighted by molar-refractivity contribution is 5.87. The minimum Gasteiger partial charge on any atom is -0.480 e. The highest BCUT2D eigenvalue weighted by Crippen LogP contribution is 2.61. The quantitative estimate of drug-likeness (QED) is 0.878. The summed E-state index contributed by atoms with van der Waals surface area (Å²) < 4.78 is 26.7. The zero-order valence-electron chi connectivity index (χ0n) is 10.6. The Morgan fingerprint density at radius 2 is 1.67 bits per heavy atom. The normalized spacial score (nSPS) is 25.8. The molecule has 0 aromatic heterocycles. The number of hydrogen-bond acceptors (Lipinski definition) is 1. The van der Waals surface area contributed by atoms with Crippen LogP contribution in [0.1, 0.15) is 38.3 Å². The lowest BCUT2D eigenvalue weighted by Gasteiger charge is -2.20. The van der Waals surface area contributed by atoms with Crippen LogP contribution in [0, 0.1) is 0 Å². The first kappa shape index (κ1) is 13.0. The maximum atomic E-state index is 13.3. The molecule has 0 amide bonds. The molecular weight excluding hydrogens is 238 g/mol. The van der Waals surface area contributed by atoms with Crippen LogP contribution in [0.5, 0.6) is 0 Å². The molecule has 1 aromatic rings. The second kappa shape index (κ2) is 3.53. The zero-order valence-corrected chi connectivity index (χ0v) is 10.6. The maximum Gasteiger partial charge on any atom is 0.320 e. The Kier molecular flexibility index (Phi) is 2.55. The number of carboxylic acids is 1. The summed E-state index contributed by atoms with van der Waals surface area (Å²) in [4.78, 5) is 11.1. The topological polar surface area (TPSA) is 37.3 Å². The summed E-state index contributed by atoms with van der Waals surface area (Å²) in [5.74, 6) is -4.58. The molecule has 1 aliphatic carbocycles. The number of alkyl halides is 2. The molecule has 1 aliphatic rings. The predicted molar refractivity (Wildman–Crippen MR) is 64.0 cm³/mol. The molecule has 0 aliphatic heterocycles. The molecule has 1 unspecified atom stereocenters. The van der Waals surface area contributed by atoms with E-state index in [1.807, 2.05) is 20.8 Å². The Labute approximate surface area is 105 Å². The van der Waals surface area contributed by atoms with Gasteiger partial charge in [-0.2, -0.15) is 0 Å². The van der Waals surface area contributed by atoms with Crippen molar-refractivity contribution in [2.75, 3.05) is 0 Å². The van der Waals surface area contributed by atoms with Crippen molar-refractivity contribution >= 4 is 5.97 Å². The molecule has 2 nitrogen and oxygen atoms in total. The third-order valence-corrected chi connectivity index (χ3v) is 3.60. The van der Waals surface area contributed by atoms with E-state index in [2.05, 4.69) is 0 Å². The molecule has 1 N–H and O–H groups in total. The Bertz CT molecular complexity index is 486. The highest BCUT2D eigenvalue weighted by Gasteiger charge is 2.77. The second-order valence-electron chi connectivity index (χ2n) is 5.92. The summed E-state index contributed by atoms with van der Waals surface area (Å²) in [5, 5.41) is 9.04. The molecule has 1 saturated carbocycles. The predicted octanol–water partition coefficient (Wildman–Crippen LogP) is 3.35. The monoisotopic (exact) mass is 254 g/mol. The van der Waals surface area contributed by atoms with Gasteiger partial charge in [0.05, 0.1) is 0 Å². The van der Waals surface area contributed by atoms with Crippen LogP contribution >= 0.6 is 0 Å². The van der Waals surface area contributed by atoms with E-state index >= 15 is 0 Å². The van der Waals surface area contributed by atoms with E-state index in [0.717, 1.165) is 5.56 Å². The molecule has 0 spiro atoms. The summed E-state index contributed by atoms with van der Waals surface area (Å²) >= 11 is 0. The Hall–Kier alpha value is -1.45. The SMILES string of the molecule is CC(C)(C)c1ccc(C2(C(=O)O)CC2(F)F)cc1. The van der Waals surface area contributed by atoms with E-state index in [9.17, 15) is 13.6 Å². The molecule has 2 rings (SSSR count). The number of carbonyl (C=O) groups is 1. The minimum atomic E-state index is -3.14. The van der Waals surface area contributed by atoms with E-state index in [1.54, 1.807) is 12.1 Å². The van der Waals surface area contributed by atoms with E-state index < -0.39 is 23.7 Å². The first-order valence-corrected chi connectivity index (χ1v) is 5.83. The van der Waals surface area contributed by atoms with Gasteiger partial charge in [-0.1, -0.05) is 45.0 Å². The molecule has 0 saturated heterocycles. The van der Waals surface area contributed by atoms with Gasteiger partial charge in [-0.05, 0) is 16.5 Å². The highest BCUT2D eigenvalue weighted by atomic mass is 19.3. The molecule has 1 atom stereocenters. The lowest BCUT2D eigenvalue weighted by Crippen LogP contribution is -2.27. The molecule has 4 heteroatoms. The molecule has 0 heterocycles. The van der Waals surface area contributed by atoms with Crippen molar-refractivity contribution in [1.82, 2.24) is 0 Å². The van der Waals surface area contributed by atoms with Crippen LogP contribution in [0.3, 0.4) is 0 Å². The summed E-state index contributed by atoms with van der Waals surface area (Å²) in [7, 11) is 0. The fraction of sp³-hybridized carbons (Fsp3) is 0.500. The van der Waals surface area contributed by atoms with E-state index in [-0.39, 0.29) is 11.0 Å².